The molecule has 2 rings (SSSR count). The van der Waals surface area contributed by atoms with Crippen LogP contribution in [0.4, 0.5) is 4.39 Å². The zero-order valence-electron chi connectivity index (χ0n) is 7.57. The average molecular weight is 206 g/mol. The Labute approximate surface area is 84.4 Å². The lowest BCUT2D eigenvalue weighted by atomic mass is 10.1. The van der Waals surface area contributed by atoms with E-state index in [4.69, 9.17) is 5.11 Å². The van der Waals surface area contributed by atoms with Crippen molar-refractivity contribution in [1.82, 2.24) is 10.2 Å². The van der Waals surface area contributed by atoms with Crippen LogP contribution in [0.5, 0.6) is 0 Å². The molecule has 0 aliphatic carbocycles. The molecule has 1 aromatic carbocycles. The Hall–Kier alpha value is -2.17. The maximum atomic E-state index is 12.6. The van der Waals surface area contributed by atoms with Crippen LogP contribution in [0.2, 0.25) is 0 Å². The third-order valence-electron chi connectivity index (χ3n) is 2.01. The zero-order valence-corrected chi connectivity index (χ0v) is 7.57. The molecule has 2 aromatic rings. The first kappa shape index (κ1) is 9.39. The number of halogens is 1. The summed E-state index contributed by atoms with van der Waals surface area (Å²) in [6, 6.07) is 5.56. The molecule has 0 aliphatic heterocycles. The summed E-state index contributed by atoms with van der Waals surface area (Å²) in [7, 11) is 0. The van der Waals surface area contributed by atoms with E-state index in [2.05, 4.69) is 10.2 Å². The highest BCUT2D eigenvalue weighted by Gasteiger charge is 2.13. The number of carboxylic acids is 1. The van der Waals surface area contributed by atoms with Gasteiger partial charge in [0.25, 0.3) is 0 Å². The highest BCUT2D eigenvalue weighted by atomic mass is 19.1. The number of aromatic carboxylic acids is 1. The minimum atomic E-state index is -1.09. The van der Waals surface area contributed by atoms with E-state index < -0.39 is 5.97 Å². The summed E-state index contributed by atoms with van der Waals surface area (Å²) in [5.41, 5.74) is 1.06. The smallest absolute Gasteiger partial charge is 0.354 e. The number of rotatable bonds is 2. The van der Waals surface area contributed by atoms with E-state index in [1.807, 2.05) is 0 Å². The molecule has 76 valence electrons. The molecule has 0 amide bonds. The average Bonchev–Trinajstić information content (AvgIpc) is 2.67. The standard InChI is InChI=1S/C10H7FN2O2/c11-7-3-1-6(2-4-7)8-5-12-13-9(8)10(14)15/h1-5H,(H,12,13)(H,14,15). The second kappa shape index (κ2) is 3.53. The Kier molecular flexibility index (Phi) is 2.21. The fraction of sp³-hybridized carbons (Fsp3) is 0. The van der Waals surface area contributed by atoms with Gasteiger partial charge in [-0.25, -0.2) is 9.18 Å². The van der Waals surface area contributed by atoms with Crippen LogP contribution in [-0.4, -0.2) is 21.3 Å². The molecule has 0 fully saturated rings. The van der Waals surface area contributed by atoms with E-state index >= 15 is 0 Å². The van der Waals surface area contributed by atoms with Crippen LogP contribution < -0.4 is 0 Å². The largest absolute Gasteiger partial charge is 0.477 e. The second-order valence-electron chi connectivity index (χ2n) is 2.97. The number of benzene rings is 1. The molecular formula is C10H7FN2O2. The van der Waals surface area contributed by atoms with Crippen molar-refractivity contribution in [3.8, 4) is 11.1 Å². The summed E-state index contributed by atoms with van der Waals surface area (Å²) >= 11 is 0. The fourth-order valence-electron chi connectivity index (χ4n) is 1.30. The second-order valence-corrected chi connectivity index (χ2v) is 2.97. The van der Waals surface area contributed by atoms with Gasteiger partial charge >= 0.3 is 5.97 Å². The number of hydrogen-bond donors (Lipinski definition) is 2. The number of carbonyl (C=O) groups is 1. The number of aromatic amines is 1. The van der Waals surface area contributed by atoms with Crippen molar-refractivity contribution in [2.75, 3.05) is 0 Å². The van der Waals surface area contributed by atoms with Crippen LogP contribution >= 0.6 is 0 Å². The maximum Gasteiger partial charge on any atom is 0.354 e. The minimum Gasteiger partial charge on any atom is -0.477 e. The summed E-state index contributed by atoms with van der Waals surface area (Å²) in [5.74, 6) is -1.45. The molecule has 0 atom stereocenters. The van der Waals surface area contributed by atoms with Crippen LogP contribution in [0.15, 0.2) is 30.5 Å². The Morgan fingerprint density at radius 3 is 2.60 bits per heavy atom. The van der Waals surface area contributed by atoms with Gasteiger partial charge in [0.05, 0.1) is 6.20 Å². The first-order valence-electron chi connectivity index (χ1n) is 4.21. The number of nitrogens with zero attached hydrogens (tertiary/aromatic N) is 1. The van der Waals surface area contributed by atoms with Gasteiger partial charge in [-0.15, -0.1) is 0 Å². The van der Waals surface area contributed by atoms with Crippen LogP contribution in [-0.2, 0) is 0 Å². The van der Waals surface area contributed by atoms with Crippen LogP contribution in [0.1, 0.15) is 10.5 Å². The SMILES string of the molecule is O=C(O)c1[nH]ncc1-c1ccc(F)cc1. The minimum absolute atomic E-state index is 0.00149. The van der Waals surface area contributed by atoms with Crippen molar-refractivity contribution in [2.45, 2.75) is 0 Å². The van der Waals surface area contributed by atoms with Crippen molar-refractivity contribution < 1.29 is 14.3 Å². The quantitative estimate of drug-likeness (QED) is 0.788. The monoisotopic (exact) mass is 206 g/mol. The van der Waals surface area contributed by atoms with Gasteiger partial charge in [0.15, 0.2) is 5.69 Å². The Bertz CT molecular complexity index is 490. The molecular weight excluding hydrogens is 199 g/mol. The van der Waals surface area contributed by atoms with Crippen molar-refractivity contribution in [3.63, 3.8) is 0 Å². The van der Waals surface area contributed by atoms with Gasteiger partial charge in [-0.3, -0.25) is 5.10 Å². The van der Waals surface area contributed by atoms with Gasteiger partial charge in [-0.05, 0) is 17.7 Å². The van der Waals surface area contributed by atoms with E-state index in [0.29, 0.717) is 11.1 Å². The number of aromatic nitrogens is 2. The van der Waals surface area contributed by atoms with E-state index in [-0.39, 0.29) is 11.5 Å². The lowest BCUT2D eigenvalue weighted by Crippen LogP contribution is -1.98. The van der Waals surface area contributed by atoms with Gasteiger partial charge in [-0.2, -0.15) is 5.10 Å². The highest BCUT2D eigenvalue weighted by molar-refractivity contribution is 5.93. The molecule has 1 heterocycles. The van der Waals surface area contributed by atoms with E-state index in [9.17, 15) is 9.18 Å². The number of hydrogen-bond acceptors (Lipinski definition) is 2. The summed E-state index contributed by atoms with van der Waals surface area (Å²) < 4.78 is 12.6. The molecule has 0 unspecified atom stereocenters. The lowest BCUT2D eigenvalue weighted by molar-refractivity contribution is 0.0691. The van der Waals surface area contributed by atoms with Crippen molar-refractivity contribution in [1.29, 1.82) is 0 Å². The number of carboxylic acid groups (broad SMARTS) is 1. The van der Waals surface area contributed by atoms with Gasteiger partial charge in [0.2, 0.25) is 0 Å². The molecule has 1 aromatic heterocycles. The van der Waals surface area contributed by atoms with Crippen LogP contribution in [0, 0.1) is 5.82 Å². The topological polar surface area (TPSA) is 66.0 Å². The van der Waals surface area contributed by atoms with Gasteiger partial charge in [0.1, 0.15) is 5.82 Å². The summed E-state index contributed by atoms with van der Waals surface area (Å²) in [4.78, 5) is 10.8. The third-order valence-corrected chi connectivity index (χ3v) is 2.01. The van der Waals surface area contributed by atoms with Crippen LogP contribution in [0.25, 0.3) is 11.1 Å². The molecule has 15 heavy (non-hydrogen) atoms. The Balaban J connectivity index is 2.49. The normalized spacial score (nSPS) is 10.2. The first-order chi connectivity index (χ1) is 7.18. The van der Waals surface area contributed by atoms with Crippen LogP contribution in [0.3, 0.4) is 0 Å². The summed E-state index contributed by atoms with van der Waals surface area (Å²) in [5, 5.41) is 14.8. The van der Waals surface area contributed by atoms with Gasteiger partial charge < -0.3 is 5.11 Å². The van der Waals surface area contributed by atoms with E-state index in [0.717, 1.165) is 0 Å². The highest BCUT2D eigenvalue weighted by Crippen LogP contribution is 2.21. The molecule has 0 spiro atoms. The molecule has 0 radical (unpaired) electrons. The number of H-pyrrole nitrogens is 1. The molecule has 5 heteroatoms. The first-order valence-corrected chi connectivity index (χ1v) is 4.21. The molecule has 0 bridgehead atoms. The van der Waals surface area contributed by atoms with Gasteiger partial charge in [-0.1, -0.05) is 12.1 Å². The van der Waals surface area contributed by atoms with Crippen molar-refractivity contribution in [2.24, 2.45) is 0 Å². The molecule has 2 N–H and O–H groups in total. The predicted octanol–water partition coefficient (Wildman–Crippen LogP) is 1.91. The molecule has 4 nitrogen and oxygen atoms in total. The Morgan fingerprint density at radius 1 is 1.33 bits per heavy atom. The third kappa shape index (κ3) is 1.71. The van der Waals surface area contributed by atoms with E-state index in [1.165, 1.54) is 30.5 Å². The van der Waals surface area contributed by atoms with Gasteiger partial charge in [0, 0.05) is 5.56 Å². The predicted molar refractivity (Wildman–Crippen MR) is 50.9 cm³/mol. The maximum absolute atomic E-state index is 12.6. The van der Waals surface area contributed by atoms with E-state index in [1.54, 1.807) is 0 Å². The Morgan fingerprint density at radius 2 is 2.00 bits per heavy atom. The molecule has 0 saturated heterocycles. The summed E-state index contributed by atoms with van der Waals surface area (Å²) in [6.07, 6.45) is 1.40. The summed E-state index contributed by atoms with van der Waals surface area (Å²) in [6.45, 7) is 0. The number of nitrogens with one attached hydrogen (secondary N) is 1. The van der Waals surface area contributed by atoms with Crippen molar-refractivity contribution in [3.05, 3.63) is 42.0 Å². The lowest BCUT2D eigenvalue weighted by Gasteiger charge is -1.98. The molecule has 0 saturated carbocycles. The molecule has 0 aliphatic rings. The zero-order chi connectivity index (χ0) is 10.8. The van der Waals surface area contributed by atoms with Crippen molar-refractivity contribution >= 4 is 5.97 Å². The fourth-order valence-corrected chi connectivity index (χ4v) is 1.30.